The molecule has 0 fully saturated rings. The summed E-state index contributed by atoms with van der Waals surface area (Å²) < 4.78 is 36.6. The van der Waals surface area contributed by atoms with Crippen LogP contribution in [-0.4, -0.2) is 4.98 Å². The first-order valence-corrected chi connectivity index (χ1v) is 4.26. The highest BCUT2D eigenvalue weighted by molar-refractivity contribution is 14.1. The Morgan fingerprint density at radius 1 is 1.42 bits per heavy atom. The number of alkyl halides is 3. The first-order valence-electron chi connectivity index (χ1n) is 2.80. The normalized spacial score (nSPS) is 11.8. The molecule has 0 bridgehead atoms. The van der Waals surface area contributed by atoms with Gasteiger partial charge in [0.15, 0.2) is 5.69 Å². The summed E-state index contributed by atoms with van der Waals surface area (Å²) in [5, 5.41) is -0.342. The van der Waals surface area contributed by atoms with Gasteiger partial charge in [-0.05, 0) is 28.7 Å². The molecule has 0 N–H and O–H groups in total. The van der Waals surface area contributed by atoms with Crippen LogP contribution in [-0.2, 0) is 6.18 Å². The Kier molecular flexibility index (Phi) is 2.82. The van der Waals surface area contributed by atoms with E-state index in [9.17, 15) is 13.2 Å². The molecular formula is C6H2ClF3IN. The zero-order valence-corrected chi connectivity index (χ0v) is 8.41. The summed E-state index contributed by atoms with van der Waals surface area (Å²) in [6.45, 7) is 0. The molecule has 0 radical (unpaired) electrons. The molecule has 0 aromatic carbocycles. The molecule has 0 aliphatic carbocycles. The molecule has 12 heavy (non-hydrogen) atoms. The van der Waals surface area contributed by atoms with E-state index < -0.39 is 11.9 Å². The number of hydrogen-bond donors (Lipinski definition) is 0. The average molecular weight is 307 g/mol. The first kappa shape index (κ1) is 10.0. The van der Waals surface area contributed by atoms with Crippen molar-refractivity contribution in [2.45, 2.75) is 6.18 Å². The minimum Gasteiger partial charge on any atom is -0.250 e. The van der Waals surface area contributed by atoms with Gasteiger partial charge in [0, 0.05) is 9.77 Å². The fourth-order valence-corrected chi connectivity index (χ4v) is 1.25. The smallest absolute Gasteiger partial charge is 0.250 e. The van der Waals surface area contributed by atoms with Crippen molar-refractivity contribution in [3.63, 3.8) is 0 Å². The largest absolute Gasteiger partial charge is 0.434 e. The van der Waals surface area contributed by atoms with Crippen molar-refractivity contribution < 1.29 is 13.2 Å². The molecular weight excluding hydrogens is 305 g/mol. The van der Waals surface area contributed by atoms with Crippen LogP contribution in [0.2, 0.25) is 5.02 Å². The van der Waals surface area contributed by atoms with Crippen molar-refractivity contribution >= 4 is 34.2 Å². The second-order valence-electron chi connectivity index (χ2n) is 1.95. The second-order valence-corrected chi connectivity index (χ2v) is 3.49. The highest BCUT2D eigenvalue weighted by Crippen LogP contribution is 2.34. The van der Waals surface area contributed by atoms with Gasteiger partial charge in [0.2, 0.25) is 0 Å². The van der Waals surface area contributed by atoms with Crippen molar-refractivity contribution in [3.05, 3.63) is 26.5 Å². The average Bonchev–Trinajstić information content (AvgIpc) is 1.92. The summed E-state index contributed by atoms with van der Waals surface area (Å²) in [6, 6.07) is 1.41. The number of hydrogen-bond acceptors (Lipinski definition) is 1. The molecule has 0 unspecified atom stereocenters. The van der Waals surface area contributed by atoms with Crippen LogP contribution in [0.4, 0.5) is 13.2 Å². The SMILES string of the molecule is FC(F)(F)c1nccc(I)c1Cl. The molecule has 0 saturated carbocycles. The van der Waals surface area contributed by atoms with Gasteiger partial charge in [-0.25, -0.2) is 0 Å². The van der Waals surface area contributed by atoms with E-state index >= 15 is 0 Å². The van der Waals surface area contributed by atoms with Crippen molar-refractivity contribution in [2.75, 3.05) is 0 Å². The fourth-order valence-electron chi connectivity index (χ4n) is 0.618. The minimum atomic E-state index is -4.47. The maximum atomic E-state index is 12.1. The van der Waals surface area contributed by atoms with Crippen LogP contribution in [0.15, 0.2) is 12.3 Å². The molecule has 0 atom stereocenters. The Morgan fingerprint density at radius 3 is 2.42 bits per heavy atom. The summed E-state index contributed by atoms with van der Waals surface area (Å²) in [5.74, 6) is 0. The van der Waals surface area contributed by atoms with Gasteiger partial charge in [0.25, 0.3) is 0 Å². The van der Waals surface area contributed by atoms with Crippen LogP contribution in [0.25, 0.3) is 0 Å². The topological polar surface area (TPSA) is 12.9 Å². The molecule has 0 saturated heterocycles. The Bertz CT molecular complexity index is 299. The molecule has 1 rings (SSSR count). The zero-order chi connectivity index (χ0) is 9.35. The third-order valence-corrected chi connectivity index (χ3v) is 2.71. The number of nitrogens with zero attached hydrogens (tertiary/aromatic N) is 1. The lowest BCUT2D eigenvalue weighted by molar-refractivity contribution is -0.141. The van der Waals surface area contributed by atoms with Crippen molar-refractivity contribution in [1.29, 1.82) is 0 Å². The monoisotopic (exact) mass is 307 g/mol. The standard InChI is InChI=1S/C6H2ClF3IN/c7-4-3(11)1-2-12-5(4)6(8,9)10/h1-2H. The Labute approximate surface area is 85.1 Å². The van der Waals surface area contributed by atoms with E-state index in [1.807, 2.05) is 0 Å². The van der Waals surface area contributed by atoms with Crippen molar-refractivity contribution in [1.82, 2.24) is 4.98 Å². The second kappa shape index (κ2) is 3.37. The van der Waals surface area contributed by atoms with Gasteiger partial charge in [0.05, 0.1) is 5.02 Å². The molecule has 66 valence electrons. The van der Waals surface area contributed by atoms with E-state index in [0.717, 1.165) is 6.20 Å². The molecule has 0 aliphatic heterocycles. The quantitative estimate of drug-likeness (QED) is 0.670. The molecule has 0 aliphatic rings. The maximum Gasteiger partial charge on any atom is 0.434 e. The van der Waals surface area contributed by atoms with Crippen LogP contribution in [0.3, 0.4) is 0 Å². The molecule has 0 spiro atoms. The van der Waals surface area contributed by atoms with Gasteiger partial charge in [-0.3, -0.25) is 4.98 Å². The van der Waals surface area contributed by atoms with Crippen molar-refractivity contribution in [3.8, 4) is 0 Å². The van der Waals surface area contributed by atoms with E-state index in [4.69, 9.17) is 11.6 Å². The Hall–Kier alpha value is -0.0400. The van der Waals surface area contributed by atoms with Crippen LogP contribution < -0.4 is 0 Å². The van der Waals surface area contributed by atoms with Gasteiger partial charge < -0.3 is 0 Å². The summed E-state index contributed by atoms with van der Waals surface area (Å²) in [6.07, 6.45) is -3.39. The predicted octanol–water partition coefficient (Wildman–Crippen LogP) is 3.36. The van der Waals surface area contributed by atoms with Gasteiger partial charge in [-0.15, -0.1) is 0 Å². The molecule has 1 aromatic heterocycles. The molecule has 0 amide bonds. The highest BCUT2D eigenvalue weighted by Gasteiger charge is 2.35. The van der Waals surface area contributed by atoms with E-state index in [-0.39, 0.29) is 5.02 Å². The number of aromatic nitrogens is 1. The van der Waals surface area contributed by atoms with Gasteiger partial charge in [-0.2, -0.15) is 13.2 Å². The Morgan fingerprint density at radius 2 is 2.00 bits per heavy atom. The van der Waals surface area contributed by atoms with Gasteiger partial charge >= 0.3 is 6.18 Å². The van der Waals surface area contributed by atoms with Gasteiger partial charge in [0.1, 0.15) is 0 Å². The summed E-state index contributed by atoms with van der Waals surface area (Å²) in [4.78, 5) is 3.15. The lowest BCUT2D eigenvalue weighted by atomic mass is 10.3. The number of rotatable bonds is 0. The van der Waals surface area contributed by atoms with E-state index in [0.29, 0.717) is 3.57 Å². The van der Waals surface area contributed by atoms with Crippen LogP contribution in [0, 0.1) is 3.57 Å². The highest BCUT2D eigenvalue weighted by atomic mass is 127. The zero-order valence-electron chi connectivity index (χ0n) is 5.49. The third kappa shape index (κ3) is 2.01. The van der Waals surface area contributed by atoms with Gasteiger partial charge in [-0.1, -0.05) is 11.6 Å². The Balaban J connectivity index is 3.26. The minimum absolute atomic E-state index is 0.342. The molecule has 1 aromatic rings. The lowest BCUT2D eigenvalue weighted by Crippen LogP contribution is -2.09. The predicted molar refractivity (Wildman–Crippen MR) is 47.0 cm³/mol. The van der Waals surface area contributed by atoms with Crippen LogP contribution in [0.1, 0.15) is 5.69 Å². The first-order chi connectivity index (χ1) is 5.43. The maximum absolute atomic E-state index is 12.1. The fraction of sp³-hybridized carbons (Fsp3) is 0.167. The lowest BCUT2D eigenvalue weighted by Gasteiger charge is -2.07. The van der Waals surface area contributed by atoms with E-state index in [2.05, 4.69) is 4.98 Å². The van der Waals surface area contributed by atoms with Crippen LogP contribution >= 0.6 is 34.2 Å². The van der Waals surface area contributed by atoms with E-state index in [1.165, 1.54) is 6.07 Å². The van der Waals surface area contributed by atoms with Crippen molar-refractivity contribution in [2.24, 2.45) is 0 Å². The number of halogens is 5. The third-order valence-electron chi connectivity index (χ3n) is 1.11. The van der Waals surface area contributed by atoms with Crippen LogP contribution in [0.5, 0.6) is 0 Å². The summed E-state index contributed by atoms with van der Waals surface area (Å²) in [5.41, 5.74) is -1.03. The molecule has 1 nitrogen and oxygen atoms in total. The summed E-state index contributed by atoms with van der Waals surface area (Å²) in [7, 11) is 0. The molecule has 1 heterocycles. The summed E-state index contributed by atoms with van der Waals surface area (Å²) >= 11 is 7.11. The van der Waals surface area contributed by atoms with E-state index in [1.54, 1.807) is 22.6 Å². The number of pyridine rings is 1. The molecule has 6 heteroatoms.